The van der Waals surface area contributed by atoms with Gasteiger partial charge in [0.2, 0.25) is 0 Å². The Morgan fingerprint density at radius 2 is 2.50 bits per heavy atom. The Kier molecular flexibility index (Phi) is 1.71. The van der Waals surface area contributed by atoms with Crippen LogP contribution >= 0.6 is 11.3 Å². The molecule has 0 radical (unpaired) electrons. The molecule has 0 bridgehead atoms. The quantitative estimate of drug-likeness (QED) is 0.685. The van der Waals surface area contributed by atoms with Crippen molar-refractivity contribution < 1.29 is 0 Å². The zero-order valence-electron chi connectivity index (χ0n) is 6.11. The molecule has 2 heterocycles. The molecule has 0 spiro atoms. The molecule has 4 nitrogen and oxygen atoms in total. The van der Waals surface area contributed by atoms with E-state index in [1.54, 1.807) is 6.20 Å². The number of hydrogen-bond donors (Lipinski definition) is 2. The second-order valence-electron chi connectivity index (χ2n) is 2.19. The third-order valence-electron chi connectivity index (χ3n) is 1.42. The van der Waals surface area contributed by atoms with Crippen molar-refractivity contribution in [1.82, 2.24) is 15.2 Å². The van der Waals surface area contributed by atoms with Crippen LogP contribution in [0.15, 0.2) is 17.6 Å². The smallest absolute Gasteiger partial charge is 0.134 e. The van der Waals surface area contributed by atoms with E-state index in [1.165, 1.54) is 17.6 Å². The third-order valence-corrected chi connectivity index (χ3v) is 2.21. The van der Waals surface area contributed by atoms with Gasteiger partial charge in [-0.15, -0.1) is 11.3 Å². The fourth-order valence-corrected chi connectivity index (χ4v) is 1.51. The predicted octanol–water partition coefficient (Wildman–Crippen LogP) is 1.53. The highest BCUT2D eigenvalue weighted by Crippen LogP contribution is 2.17. The number of H-pyrrole nitrogens is 1. The molecule has 5 heteroatoms. The molecule has 0 aliphatic heterocycles. The lowest BCUT2D eigenvalue weighted by molar-refractivity contribution is 1.09. The predicted molar refractivity (Wildman–Crippen MR) is 47.6 cm³/mol. The number of nitrogens with zero attached hydrogens (tertiary/aromatic N) is 2. The van der Waals surface area contributed by atoms with Crippen molar-refractivity contribution >= 4 is 17.6 Å². The number of hydrogen-bond acceptors (Lipinski definition) is 4. The van der Waals surface area contributed by atoms with Crippen molar-refractivity contribution in [2.24, 2.45) is 0 Å². The van der Waals surface area contributed by atoms with E-state index in [4.69, 9.17) is 5.41 Å². The summed E-state index contributed by atoms with van der Waals surface area (Å²) >= 11 is 1.45. The maximum atomic E-state index is 6.98. The highest BCUT2D eigenvalue weighted by molar-refractivity contribution is 7.11. The normalized spacial score (nSPS) is 10.0. The number of aromatic amines is 1. The largest absolute Gasteiger partial charge is 0.306 e. The molecule has 12 heavy (non-hydrogen) atoms. The Labute approximate surface area is 72.8 Å². The van der Waals surface area contributed by atoms with E-state index < -0.39 is 0 Å². The second-order valence-corrected chi connectivity index (χ2v) is 3.08. The molecular formula is C7H6N4S. The molecule has 0 fully saturated rings. The van der Waals surface area contributed by atoms with Gasteiger partial charge in [-0.2, -0.15) is 5.10 Å². The summed E-state index contributed by atoms with van der Waals surface area (Å²) in [5, 5.41) is 16.2. The summed E-state index contributed by atoms with van der Waals surface area (Å²) in [7, 11) is 0. The van der Waals surface area contributed by atoms with Crippen molar-refractivity contribution in [2.75, 3.05) is 0 Å². The van der Waals surface area contributed by atoms with Gasteiger partial charge in [0, 0.05) is 11.6 Å². The van der Waals surface area contributed by atoms with Gasteiger partial charge in [-0.3, -0.25) is 5.10 Å². The van der Waals surface area contributed by atoms with Gasteiger partial charge in [0.15, 0.2) is 0 Å². The van der Waals surface area contributed by atoms with Gasteiger partial charge in [-0.25, -0.2) is 4.98 Å². The first-order valence-electron chi connectivity index (χ1n) is 3.36. The van der Waals surface area contributed by atoms with Gasteiger partial charge < -0.3 is 5.41 Å². The molecule has 0 aromatic carbocycles. The van der Waals surface area contributed by atoms with Crippen LogP contribution in [-0.4, -0.2) is 21.4 Å². The van der Waals surface area contributed by atoms with Crippen molar-refractivity contribution in [1.29, 1.82) is 5.41 Å². The van der Waals surface area contributed by atoms with Crippen LogP contribution in [0.5, 0.6) is 0 Å². The monoisotopic (exact) mass is 178 g/mol. The lowest BCUT2D eigenvalue weighted by Crippen LogP contribution is -1.79. The minimum absolute atomic E-state index is 0.708. The van der Waals surface area contributed by atoms with E-state index >= 15 is 0 Å². The van der Waals surface area contributed by atoms with Gasteiger partial charge in [0.05, 0.1) is 17.6 Å². The molecule has 0 aliphatic rings. The van der Waals surface area contributed by atoms with Gasteiger partial charge in [0.25, 0.3) is 0 Å². The van der Waals surface area contributed by atoms with Gasteiger partial charge in [-0.1, -0.05) is 0 Å². The maximum absolute atomic E-state index is 6.98. The molecule has 0 unspecified atom stereocenters. The van der Waals surface area contributed by atoms with Gasteiger partial charge >= 0.3 is 0 Å². The molecule has 0 atom stereocenters. The highest BCUT2D eigenvalue weighted by Gasteiger charge is 2.02. The SMILES string of the molecule is N=Cc1nc(-c2ccn[nH]2)cs1. The number of rotatable bonds is 2. The Hall–Kier alpha value is -1.49. The second kappa shape index (κ2) is 2.86. The Bertz CT molecular complexity index is 376. The molecular weight excluding hydrogens is 172 g/mol. The zero-order chi connectivity index (χ0) is 8.39. The molecule has 2 rings (SSSR count). The summed E-state index contributed by atoms with van der Waals surface area (Å²) in [6, 6.07) is 1.85. The van der Waals surface area contributed by atoms with Crippen molar-refractivity contribution in [3.63, 3.8) is 0 Å². The lowest BCUT2D eigenvalue weighted by atomic mass is 10.3. The third kappa shape index (κ3) is 1.14. The molecule has 0 amide bonds. The van der Waals surface area contributed by atoms with Gasteiger partial charge in [-0.05, 0) is 6.07 Å². The van der Waals surface area contributed by atoms with E-state index in [9.17, 15) is 0 Å². The van der Waals surface area contributed by atoms with Crippen LogP contribution in [0.2, 0.25) is 0 Å². The summed E-state index contributed by atoms with van der Waals surface area (Å²) in [6.45, 7) is 0. The Morgan fingerprint density at radius 3 is 3.08 bits per heavy atom. The first kappa shape index (κ1) is 7.17. The van der Waals surface area contributed by atoms with Crippen molar-refractivity contribution in [3.05, 3.63) is 22.7 Å². The van der Waals surface area contributed by atoms with Gasteiger partial charge in [0.1, 0.15) is 5.01 Å². The van der Waals surface area contributed by atoms with Crippen LogP contribution in [0.25, 0.3) is 11.4 Å². The molecule has 2 N–H and O–H groups in total. The number of thiazole rings is 1. The average Bonchev–Trinajstić information content (AvgIpc) is 2.75. The summed E-state index contributed by atoms with van der Waals surface area (Å²) in [6.07, 6.45) is 2.92. The number of nitrogens with one attached hydrogen (secondary N) is 2. The number of aromatic nitrogens is 3. The van der Waals surface area contributed by atoms with Crippen LogP contribution < -0.4 is 0 Å². The maximum Gasteiger partial charge on any atom is 0.134 e. The van der Waals surface area contributed by atoms with Crippen molar-refractivity contribution in [2.45, 2.75) is 0 Å². The Morgan fingerprint density at radius 1 is 1.58 bits per heavy atom. The van der Waals surface area contributed by atoms with E-state index in [2.05, 4.69) is 15.2 Å². The molecule has 0 aliphatic carbocycles. The Balaban J connectivity index is 2.41. The average molecular weight is 178 g/mol. The standard InChI is InChI=1S/C7H6N4S/c8-3-7-10-6(4-12-7)5-1-2-9-11-5/h1-4,8H,(H,9,11). The van der Waals surface area contributed by atoms with Crippen LogP contribution in [0.3, 0.4) is 0 Å². The molecule has 0 saturated heterocycles. The van der Waals surface area contributed by atoms with Crippen LogP contribution in [0.1, 0.15) is 5.01 Å². The molecule has 0 saturated carbocycles. The van der Waals surface area contributed by atoms with Crippen molar-refractivity contribution in [3.8, 4) is 11.4 Å². The van der Waals surface area contributed by atoms with Crippen LogP contribution in [-0.2, 0) is 0 Å². The summed E-state index contributed by atoms with van der Waals surface area (Å²) in [5.41, 5.74) is 1.73. The van der Waals surface area contributed by atoms with Crippen LogP contribution in [0.4, 0.5) is 0 Å². The summed E-state index contributed by atoms with van der Waals surface area (Å²) in [4.78, 5) is 4.18. The highest BCUT2D eigenvalue weighted by atomic mass is 32.1. The molecule has 2 aromatic rings. The summed E-state index contributed by atoms with van der Waals surface area (Å²) in [5.74, 6) is 0. The van der Waals surface area contributed by atoms with E-state index in [0.717, 1.165) is 11.4 Å². The summed E-state index contributed by atoms with van der Waals surface area (Å²) < 4.78 is 0. The fraction of sp³-hybridized carbons (Fsp3) is 0. The van der Waals surface area contributed by atoms with E-state index in [-0.39, 0.29) is 0 Å². The molecule has 60 valence electrons. The first-order chi connectivity index (χ1) is 5.90. The minimum Gasteiger partial charge on any atom is -0.306 e. The zero-order valence-corrected chi connectivity index (χ0v) is 6.93. The topological polar surface area (TPSA) is 65.4 Å². The van der Waals surface area contributed by atoms with Crippen LogP contribution in [0, 0.1) is 5.41 Å². The molecule has 2 aromatic heterocycles. The first-order valence-corrected chi connectivity index (χ1v) is 4.24. The fourth-order valence-electron chi connectivity index (χ4n) is 0.876. The van der Waals surface area contributed by atoms with E-state index in [0.29, 0.717) is 5.01 Å². The lowest BCUT2D eigenvalue weighted by Gasteiger charge is -1.85. The van der Waals surface area contributed by atoms with E-state index in [1.807, 2.05) is 11.4 Å². The minimum atomic E-state index is 0.708.